The Morgan fingerprint density at radius 3 is 2.34 bits per heavy atom. The molecule has 0 radical (unpaired) electrons. The van der Waals surface area contributed by atoms with Crippen molar-refractivity contribution >= 4 is 18.0 Å². The quantitative estimate of drug-likeness (QED) is 0.0475. The molecule has 1 amide bonds. The van der Waals surface area contributed by atoms with Crippen molar-refractivity contribution in [2.75, 3.05) is 6.54 Å². The molecule has 1 rings (SSSR count). The zero-order valence-corrected chi connectivity index (χ0v) is 17.1. The molecule has 0 aromatic heterocycles. The van der Waals surface area contributed by atoms with Crippen molar-refractivity contribution in [3.8, 4) is 0 Å². The average molecular weight is 407 g/mol. The van der Waals surface area contributed by atoms with Gasteiger partial charge in [-0.3, -0.25) is 15.5 Å². The second kappa shape index (κ2) is 13.0. The van der Waals surface area contributed by atoms with Gasteiger partial charge in [0.25, 0.3) is 0 Å². The van der Waals surface area contributed by atoms with Gasteiger partial charge in [-0.15, -0.1) is 0 Å². The Morgan fingerprint density at radius 2 is 1.83 bits per heavy atom. The molecule has 0 unspecified atom stereocenters. The number of benzene rings is 1. The van der Waals surface area contributed by atoms with E-state index in [0.29, 0.717) is 31.5 Å². The van der Waals surface area contributed by atoms with E-state index < -0.39 is 18.4 Å². The lowest BCUT2D eigenvalue weighted by molar-refractivity contribution is -0.124. The number of hydrogen-bond donors (Lipinski definition) is 8. The van der Waals surface area contributed by atoms with Crippen LogP contribution in [-0.2, 0) is 16.1 Å². The molecule has 10 nitrogen and oxygen atoms in total. The van der Waals surface area contributed by atoms with Gasteiger partial charge in [-0.2, -0.15) is 0 Å². The van der Waals surface area contributed by atoms with E-state index in [9.17, 15) is 9.59 Å². The van der Waals surface area contributed by atoms with Gasteiger partial charge in [0.2, 0.25) is 5.91 Å². The van der Waals surface area contributed by atoms with Crippen molar-refractivity contribution in [2.24, 2.45) is 23.1 Å². The van der Waals surface area contributed by atoms with Gasteiger partial charge < -0.3 is 27.3 Å². The zero-order chi connectivity index (χ0) is 21.8. The van der Waals surface area contributed by atoms with E-state index in [4.69, 9.17) is 22.6 Å². The Labute approximate surface area is 171 Å². The molecule has 162 valence electrons. The topological polar surface area (TPSA) is 184 Å². The summed E-state index contributed by atoms with van der Waals surface area (Å²) in [6.45, 7) is 4.74. The molecule has 1 aromatic carbocycles. The van der Waals surface area contributed by atoms with Crippen LogP contribution in [0.15, 0.2) is 24.3 Å². The van der Waals surface area contributed by atoms with Gasteiger partial charge >= 0.3 is 0 Å². The van der Waals surface area contributed by atoms with Crippen LogP contribution in [0.4, 0.5) is 0 Å². The highest BCUT2D eigenvalue weighted by Crippen LogP contribution is 2.05. The number of hydrazine groups is 1. The molecule has 0 saturated carbocycles. The van der Waals surface area contributed by atoms with Gasteiger partial charge in [-0.25, -0.2) is 10.9 Å². The van der Waals surface area contributed by atoms with E-state index >= 15 is 0 Å². The molecule has 0 heterocycles. The lowest BCUT2D eigenvalue weighted by atomic mass is 10.1. The van der Waals surface area contributed by atoms with Crippen LogP contribution in [0.1, 0.15) is 37.8 Å². The molecule has 0 aliphatic carbocycles. The van der Waals surface area contributed by atoms with Crippen LogP contribution in [-0.4, -0.2) is 42.9 Å². The molecule has 10 heteroatoms. The predicted octanol–water partition coefficient (Wildman–Crippen LogP) is -1.16. The fourth-order valence-electron chi connectivity index (χ4n) is 2.51. The molecule has 11 N–H and O–H groups in total. The minimum Gasteiger partial charge on any atom is -0.384 e. The first-order chi connectivity index (χ1) is 13.7. The largest absolute Gasteiger partial charge is 0.384 e. The SMILES string of the molecule is CC(C)[C@@H](C=O)NN[C@@H](CCCNC(N)N)C(=O)NCc1ccc(C(=N)N)cc1. The molecule has 0 fully saturated rings. The summed E-state index contributed by atoms with van der Waals surface area (Å²) in [5, 5.41) is 13.2. The van der Waals surface area contributed by atoms with E-state index in [1.54, 1.807) is 12.1 Å². The van der Waals surface area contributed by atoms with Crippen LogP contribution in [0.3, 0.4) is 0 Å². The summed E-state index contributed by atoms with van der Waals surface area (Å²) in [5.41, 5.74) is 23.8. The summed E-state index contributed by atoms with van der Waals surface area (Å²) in [4.78, 5) is 23.9. The van der Waals surface area contributed by atoms with Crippen molar-refractivity contribution in [1.29, 1.82) is 5.41 Å². The van der Waals surface area contributed by atoms with Gasteiger partial charge in [0.1, 0.15) is 18.4 Å². The second-order valence-electron chi connectivity index (χ2n) is 7.20. The van der Waals surface area contributed by atoms with Gasteiger partial charge in [0.15, 0.2) is 0 Å². The Balaban J connectivity index is 2.64. The molecule has 0 bridgehead atoms. The smallest absolute Gasteiger partial charge is 0.238 e. The molecular formula is C19H34N8O2. The third-order valence-electron chi connectivity index (χ3n) is 4.39. The maximum absolute atomic E-state index is 12.7. The number of nitrogens with two attached hydrogens (primary N) is 3. The average Bonchev–Trinajstić information content (AvgIpc) is 2.67. The zero-order valence-electron chi connectivity index (χ0n) is 17.1. The number of rotatable bonds is 14. The first-order valence-corrected chi connectivity index (χ1v) is 9.66. The molecule has 0 spiro atoms. The molecule has 0 aliphatic rings. The van der Waals surface area contributed by atoms with E-state index in [1.165, 1.54) is 0 Å². The maximum atomic E-state index is 12.7. The van der Waals surface area contributed by atoms with Crippen molar-refractivity contribution in [1.82, 2.24) is 21.5 Å². The van der Waals surface area contributed by atoms with Crippen LogP contribution in [0, 0.1) is 11.3 Å². The fraction of sp³-hybridized carbons (Fsp3) is 0.526. The highest BCUT2D eigenvalue weighted by molar-refractivity contribution is 5.94. The van der Waals surface area contributed by atoms with Gasteiger partial charge in [-0.1, -0.05) is 38.1 Å². The standard InChI is InChI=1S/C19H34N8O2/c1-12(2)16(11-28)27-26-15(4-3-9-24-19(22)23)18(29)25-10-13-5-7-14(8-6-13)17(20)21/h5-8,11-12,15-16,19,24,26-27H,3-4,9-10,22-23H2,1-2H3,(H3,20,21)(H,25,29)/t15-,16+/m0/s1. The number of nitrogen functional groups attached to an aromatic ring is 1. The molecule has 0 saturated heterocycles. The van der Waals surface area contributed by atoms with Crippen LogP contribution >= 0.6 is 0 Å². The second-order valence-corrected chi connectivity index (χ2v) is 7.20. The number of carbonyl (C=O) groups is 2. The van der Waals surface area contributed by atoms with Crippen LogP contribution in [0.5, 0.6) is 0 Å². The summed E-state index contributed by atoms with van der Waals surface area (Å²) < 4.78 is 0. The predicted molar refractivity (Wildman–Crippen MR) is 113 cm³/mol. The Kier molecular flexibility index (Phi) is 11.0. The van der Waals surface area contributed by atoms with E-state index in [-0.39, 0.29) is 17.7 Å². The number of amides is 1. The summed E-state index contributed by atoms with van der Waals surface area (Å²) in [7, 11) is 0. The van der Waals surface area contributed by atoms with Crippen LogP contribution in [0.25, 0.3) is 0 Å². The number of aldehydes is 1. The summed E-state index contributed by atoms with van der Waals surface area (Å²) >= 11 is 0. The molecular weight excluding hydrogens is 372 g/mol. The third kappa shape index (κ3) is 9.59. The molecule has 2 atom stereocenters. The number of nitrogens with one attached hydrogen (secondary N) is 5. The van der Waals surface area contributed by atoms with Crippen molar-refractivity contribution < 1.29 is 9.59 Å². The van der Waals surface area contributed by atoms with E-state index in [1.807, 2.05) is 26.0 Å². The lowest BCUT2D eigenvalue weighted by Gasteiger charge is -2.23. The Hall–Kier alpha value is -2.37. The maximum Gasteiger partial charge on any atom is 0.238 e. The van der Waals surface area contributed by atoms with E-state index in [0.717, 1.165) is 11.8 Å². The minimum atomic E-state index is -0.605. The van der Waals surface area contributed by atoms with E-state index in [2.05, 4.69) is 21.5 Å². The van der Waals surface area contributed by atoms with Gasteiger partial charge in [-0.05, 0) is 30.9 Å². The van der Waals surface area contributed by atoms with Crippen molar-refractivity contribution in [3.63, 3.8) is 0 Å². The Morgan fingerprint density at radius 1 is 1.17 bits per heavy atom. The molecule has 1 aromatic rings. The number of hydrogen-bond acceptors (Lipinski definition) is 8. The highest BCUT2D eigenvalue weighted by atomic mass is 16.2. The normalized spacial score (nSPS) is 13.3. The Bertz CT molecular complexity index is 648. The number of carbonyl (C=O) groups excluding carboxylic acids is 2. The summed E-state index contributed by atoms with van der Waals surface area (Å²) in [6, 6.07) is 6.15. The monoisotopic (exact) mass is 406 g/mol. The first kappa shape index (κ1) is 24.7. The van der Waals surface area contributed by atoms with Crippen LogP contribution in [0.2, 0.25) is 0 Å². The minimum absolute atomic E-state index is 0.00313. The van der Waals surface area contributed by atoms with Gasteiger partial charge in [0, 0.05) is 12.1 Å². The molecule has 0 aliphatic heterocycles. The molecule has 29 heavy (non-hydrogen) atoms. The van der Waals surface area contributed by atoms with Crippen LogP contribution < -0.4 is 38.7 Å². The van der Waals surface area contributed by atoms with Crippen molar-refractivity contribution in [2.45, 2.75) is 51.6 Å². The summed E-state index contributed by atoms with van der Waals surface area (Å²) in [5.74, 6) is -0.115. The fourth-order valence-corrected chi connectivity index (χ4v) is 2.51. The highest BCUT2D eigenvalue weighted by Gasteiger charge is 2.20. The number of amidine groups is 1. The summed E-state index contributed by atoms with van der Waals surface area (Å²) in [6.07, 6.45) is 1.40. The third-order valence-corrected chi connectivity index (χ3v) is 4.39. The van der Waals surface area contributed by atoms with Crippen molar-refractivity contribution in [3.05, 3.63) is 35.4 Å². The lowest BCUT2D eigenvalue weighted by Crippen LogP contribution is -2.54. The first-order valence-electron chi connectivity index (χ1n) is 9.66. The van der Waals surface area contributed by atoms with Gasteiger partial charge in [0.05, 0.1) is 12.1 Å².